The van der Waals surface area contributed by atoms with Crippen molar-refractivity contribution in [1.82, 2.24) is 5.32 Å². The van der Waals surface area contributed by atoms with Crippen molar-refractivity contribution < 1.29 is 9.53 Å². The summed E-state index contributed by atoms with van der Waals surface area (Å²) in [6, 6.07) is 18.0. The van der Waals surface area contributed by atoms with Gasteiger partial charge in [-0.25, -0.2) is 0 Å². The molecule has 0 saturated carbocycles. The number of ether oxygens (including phenoxy) is 1. The first-order valence-electron chi connectivity index (χ1n) is 7.91. The second kappa shape index (κ2) is 9.26. The van der Waals surface area contributed by atoms with Crippen LogP contribution in [0.4, 0.5) is 0 Å². The lowest BCUT2D eigenvalue weighted by molar-refractivity contribution is -0.127. The number of thioether (sulfide) groups is 1. The summed E-state index contributed by atoms with van der Waals surface area (Å²) in [6.07, 6.45) is 0.391. The lowest BCUT2D eigenvalue weighted by atomic mass is 10.1. The van der Waals surface area contributed by atoms with Crippen molar-refractivity contribution >= 4 is 17.7 Å². The standard InChI is InChI=1S/C19H23NO2S/c1-3-16-9-7-8-12-18(16)22-15(2)19(21)20-13-14-23-17-10-5-4-6-11-17/h4-12,15H,3,13-14H2,1-2H3,(H,20,21)/t15-/m0/s1. The summed E-state index contributed by atoms with van der Waals surface area (Å²) >= 11 is 1.73. The summed E-state index contributed by atoms with van der Waals surface area (Å²) in [5.74, 6) is 1.55. The van der Waals surface area contributed by atoms with Crippen LogP contribution in [0.3, 0.4) is 0 Å². The summed E-state index contributed by atoms with van der Waals surface area (Å²) < 4.78 is 5.79. The van der Waals surface area contributed by atoms with Crippen LogP contribution >= 0.6 is 11.8 Å². The molecule has 0 heterocycles. The predicted molar refractivity (Wildman–Crippen MR) is 96.1 cm³/mol. The molecule has 1 N–H and O–H groups in total. The number of hydrogen-bond donors (Lipinski definition) is 1. The molecular formula is C19H23NO2S. The van der Waals surface area contributed by atoms with Gasteiger partial charge in [-0.05, 0) is 37.1 Å². The Balaban J connectivity index is 1.74. The molecular weight excluding hydrogens is 306 g/mol. The molecule has 4 heteroatoms. The van der Waals surface area contributed by atoms with Gasteiger partial charge in [0, 0.05) is 17.2 Å². The molecule has 2 aromatic carbocycles. The molecule has 0 aromatic heterocycles. The second-order valence-corrected chi connectivity index (χ2v) is 6.34. The van der Waals surface area contributed by atoms with Crippen LogP contribution in [0.5, 0.6) is 5.75 Å². The molecule has 0 saturated heterocycles. The van der Waals surface area contributed by atoms with E-state index >= 15 is 0 Å². The molecule has 0 unspecified atom stereocenters. The first-order valence-corrected chi connectivity index (χ1v) is 8.89. The third-order valence-electron chi connectivity index (χ3n) is 3.44. The van der Waals surface area contributed by atoms with Gasteiger partial charge in [0.1, 0.15) is 5.75 Å². The Labute approximate surface area is 142 Å². The van der Waals surface area contributed by atoms with E-state index in [1.54, 1.807) is 18.7 Å². The van der Waals surface area contributed by atoms with E-state index in [4.69, 9.17) is 4.74 Å². The number of carbonyl (C=O) groups excluding carboxylic acids is 1. The van der Waals surface area contributed by atoms with Crippen molar-refractivity contribution in [2.75, 3.05) is 12.3 Å². The van der Waals surface area contributed by atoms with Crippen molar-refractivity contribution in [3.63, 3.8) is 0 Å². The van der Waals surface area contributed by atoms with Gasteiger partial charge in [-0.1, -0.05) is 43.3 Å². The van der Waals surface area contributed by atoms with E-state index in [-0.39, 0.29) is 5.91 Å². The van der Waals surface area contributed by atoms with Gasteiger partial charge < -0.3 is 10.1 Å². The number of para-hydroxylation sites is 1. The first-order chi connectivity index (χ1) is 11.2. The SMILES string of the molecule is CCc1ccccc1O[C@@H](C)C(=O)NCCSc1ccccc1. The normalized spacial score (nSPS) is 11.7. The monoisotopic (exact) mass is 329 g/mol. The summed E-state index contributed by atoms with van der Waals surface area (Å²) in [5, 5.41) is 2.93. The fourth-order valence-corrected chi connectivity index (χ4v) is 2.95. The molecule has 0 aliphatic carbocycles. The number of rotatable bonds is 8. The van der Waals surface area contributed by atoms with Gasteiger partial charge in [-0.15, -0.1) is 11.8 Å². The van der Waals surface area contributed by atoms with E-state index in [1.165, 1.54) is 4.90 Å². The summed E-state index contributed by atoms with van der Waals surface area (Å²) in [6.45, 7) is 4.49. The van der Waals surface area contributed by atoms with Crippen molar-refractivity contribution in [2.45, 2.75) is 31.3 Å². The van der Waals surface area contributed by atoms with E-state index in [2.05, 4.69) is 24.4 Å². The zero-order valence-corrected chi connectivity index (χ0v) is 14.4. The average Bonchev–Trinajstić information content (AvgIpc) is 2.60. The minimum atomic E-state index is -0.496. The molecule has 2 aromatic rings. The molecule has 1 amide bonds. The third-order valence-corrected chi connectivity index (χ3v) is 4.45. The van der Waals surface area contributed by atoms with E-state index in [0.29, 0.717) is 6.54 Å². The highest BCUT2D eigenvalue weighted by molar-refractivity contribution is 7.99. The average molecular weight is 329 g/mol. The maximum atomic E-state index is 12.1. The van der Waals surface area contributed by atoms with E-state index < -0.39 is 6.10 Å². The van der Waals surface area contributed by atoms with Crippen molar-refractivity contribution in [2.24, 2.45) is 0 Å². The third kappa shape index (κ3) is 5.64. The summed E-state index contributed by atoms with van der Waals surface area (Å²) in [4.78, 5) is 13.3. The number of amides is 1. The maximum absolute atomic E-state index is 12.1. The molecule has 0 spiro atoms. The van der Waals surface area contributed by atoms with Crippen LogP contribution in [0.25, 0.3) is 0 Å². The number of carbonyl (C=O) groups is 1. The Hall–Kier alpha value is -1.94. The Morgan fingerprint density at radius 3 is 2.57 bits per heavy atom. The number of benzene rings is 2. The Morgan fingerprint density at radius 1 is 1.13 bits per heavy atom. The Morgan fingerprint density at radius 2 is 1.83 bits per heavy atom. The highest BCUT2D eigenvalue weighted by Crippen LogP contribution is 2.20. The van der Waals surface area contributed by atoms with Crippen LogP contribution in [-0.4, -0.2) is 24.3 Å². The summed E-state index contributed by atoms with van der Waals surface area (Å²) in [5.41, 5.74) is 1.12. The highest BCUT2D eigenvalue weighted by atomic mass is 32.2. The molecule has 1 atom stereocenters. The lowest BCUT2D eigenvalue weighted by Gasteiger charge is -2.16. The number of hydrogen-bond acceptors (Lipinski definition) is 3. The van der Waals surface area contributed by atoms with Gasteiger partial charge in [-0.3, -0.25) is 4.79 Å². The van der Waals surface area contributed by atoms with E-state index in [9.17, 15) is 4.79 Å². The minimum Gasteiger partial charge on any atom is -0.481 e. The van der Waals surface area contributed by atoms with Crippen LogP contribution in [0.15, 0.2) is 59.5 Å². The molecule has 23 heavy (non-hydrogen) atoms. The maximum Gasteiger partial charge on any atom is 0.260 e. The molecule has 0 fully saturated rings. The smallest absolute Gasteiger partial charge is 0.260 e. The zero-order valence-electron chi connectivity index (χ0n) is 13.6. The molecule has 0 aliphatic rings. The first kappa shape index (κ1) is 17.4. The number of nitrogens with one attached hydrogen (secondary N) is 1. The molecule has 0 bridgehead atoms. The molecule has 3 nitrogen and oxygen atoms in total. The van der Waals surface area contributed by atoms with Gasteiger partial charge in [0.2, 0.25) is 0 Å². The van der Waals surface area contributed by atoms with Crippen LogP contribution in [0.2, 0.25) is 0 Å². The van der Waals surface area contributed by atoms with Gasteiger partial charge in [0.15, 0.2) is 6.10 Å². The highest BCUT2D eigenvalue weighted by Gasteiger charge is 2.15. The number of aryl methyl sites for hydroxylation is 1. The fraction of sp³-hybridized carbons (Fsp3) is 0.316. The Bertz CT molecular complexity index is 616. The van der Waals surface area contributed by atoms with Crippen molar-refractivity contribution in [1.29, 1.82) is 0 Å². The van der Waals surface area contributed by atoms with Gasteiger partial charge >= 0.3 is 0 Å². The van der Waals surface area contributed by atoms with Crippen LogP contribution in [0, 0.1) is 0 Å². The Kier molecular flexibility index (Phi) is 7.01. The second-order valence-electron chi connectivity index (χ2n) is 5.17. The lowest BCUT2D eigenvalue weighted by Crippen LogP contribution is -2.37. The molecule has 122 valence electrons. The van der Waals surface area contributed by atoms with Gasteiger partial charge in [0.25, 0.3) is 5.91 Å². The zero-order chi connectivity index (χ0) is 16.5. The summed E-state index contributed by atoms with van der Waals surface area (Å²) in [7, 11) is 0. The van der Waals surface area contributed by atoms with Crippen LogP contribution < -0.4 is 10.1 Å². The van der Waals surface area contributed by atoms with Crippen molar-refractivity contribution in [3.8, 4) is 5.75 Å². The fourth-order valence-electron chi connectivity index (χ4n) is 2.16. The molecule has 2 rings (SSSR count). The van der Waals surface area contributed by atoms with E-state index in [1.807, 2.05) is 42.5 Å². The molecule has 0 aliphatic heterocycles. The van der Waals surface area contributed by atoms with Crippen LogP contribution in [0.1, 0.15) is 19.4 Å². The van der Waals surface area contributed by atoms with E-state index in [0.717, 1.165) is 23.5 Å². The predicted octanol–water partition coefficient (Wildman–Crippen LogP) is 3.92. The minimum absolute atomic E-state index is 0.0791. The largest absolute Gasteiger partial charge is 0.481 e. The quantitative estimate of drug-likeness (QED) is 0.589. The topological polar surface area (TPSA) is 38.3 Å². The van der Waals surface area contributed by atoms with Crippen molar-refractivity contribution in [3.05, 3.63) is 60.2 Å². The molecule has 0 radical (unpaired) electrons. The van der Waals surface area contributed by atoms with Gasteiger partial charge in [0.05, 0.1) is 0 Å². The van der Waals surface area contributed by atoms with Gasteiger partial charge in [-0.2, -0.15) is 0 Å². The van der Waals surface area contributed by atoms with Crippen LogP contribution in [-0.2, 0) is 11.2 Å².